The molecule has 1 aromatic rings. The molecule has 1 aliphatic rings. The van der Waals surface area contributed by atoms with E-state index in [1.165, 1.54) is 0 Å². The second-order valence-electron chi connectivity index (χ2n) is 3.59. The molecule has 0 amide bonds. The Morgan fingerprint density at radius 3 is 2.77 bits per heavy atom. The van der Waals surface area contributed by atoms with E-state index in [1.54, 1.807) is 6.20 Å². The normalized spacial score (nSPS) is 19.4. The van der Waals surface area contributed by atoms with Gasteiger partial charge in [-0.15, -0.1) is 0 Å². The molecule has 0 unspecified atom stereocenters. The third-order valence-corrected chi connectivity index (χ3v) is 2.61. The zero-order chi connectivity index (χ0) is 9.26. The Balaban J connectivity index is 2.06. The molecule has 2 heterocycles. The van der Waals surface area contributed by atoms with Crippen molar-refractivity contribution >= 4 is 5.69 Å². The molecule has 0 aliphatic carbocycles. The van der Waals surface area contributed by atoms with Crippen molar-refractivity contribution in [3.63, 3.8) is 0 Å². The Labute approximate surface area is 77.7 Å². The van der Waals surface area contributed by atoms with Crippen molar-refractivity contribution in [2.45, 2.75) is 25.8 Å². The first-order valence-electron chi connectivity index (χ1n) is 4.69. The van der Waals surface area contributed by atoms with Crippen molar-refractivity contribution in [2.75, 3.05) is 18.0 Å². The summed E-state index contributed by atoms with van der Waals surface area (Å²) in [5.41, 5.74) is 6.94. The first-order valence-corrected chi connectivity index (χ1v) is 4.69. The molecular weight excluding hydrogens is 166 g/mol. The third kappa shape index (κ3) is 1.67. The zero-order valence-electron chi connectivity index (χ0n) is 7.86. The molecule has 1 aliphatic heterocycles. The first-order chi connectivity index (χ1) is 6.27. The van der Waals surface area contributed by atoms with Crippen LogP contribution in [0.1, 0.15) is 18.6 Å². The fourth-order valence-electron chi connectivity index (χ4n) is 1.74. The number of nitrogens with zero attached hydrogens (tertiary/aromatic N) is 2. The van der Waals surface area contributed by atoms with E-state index in [0.717, 1.165) is 37.4 Å². The molecule has 0 aromatic carbocycles. The monoisotopic (exact) mass is 181 g/mol. The summed E-state index contributed by atoms with van der Waals surface area (Å²) in [6.45, 7) is 3.98. The van der Waals surface area contributed by atoms with Gasteiger partial charge >= 0.3 is 0 Å². The summed E-state index contributed by atoms with van der Waals surface area (Å²) in [5, 5.41) is 3.77. The highest BCUT2D eigenvalue weighted by Gasteiger charge is 2.19. The molecule has 0 bridgehead atoms. The van der Waals surface area contributed by atoms with Gasteiger partial charge in [-0.25, -0.2) is 0 Å². The van der Waals surface area contributed by atoms with Gasteiger partial charge in [0.25, 0.3) is 0 Å². The lowest BCUT2D eigenvalue weighted by Gasteiger charge is -2.30. The lowest BCUT2D eigenvalue weighted by molar-refractivity contribution is 0.396. The fourth-order valence-corrected chi connectivity index (χ4v) is 1.74. The second kappa shape index (κ2) is 3.38. The minimum Gasteiger partial charge on any atom is -0.367 e. The summed E-state index contributed by atoms with van der Waals surface area (Å²) in [6.07, 6.45) is 3.90. The lowest BCUT2D eigenvalue weighted by Crippen LogP contribution is -2.39. The number of hydrogen-bond donors (Lipinski definition) is 1. The molecule has 1 saturated heterocycles. The van der Waals surface area contributed by atoms with Crippen LogP contribution < -0.4 is 10.6 Å². The van der Waals surface area contributed by atoms with Crippen molar-refractivity contribution < 1.29 is 4.52 Å². The van der Waals surface area contributed by atoms with E-state index in [4.69, 9.17) is 10.3 Å². The van der Waals surface area contributed by atoms with Crippen molar-refractivity contribution in [1.29, 1.82) is 0 Å². The Hall–Kier alpha value is -1.03. The zero-order valence-corrected chi connectivity index (χ0v) is 7.86. The van der Waals surface area contributed by atoms with E-state index < -0.39 is 0 Å². The van der Waals surface area contributed by atoms with E-state index in [-0.39, 0.29) is 0 Å². The van der Waals surface area contributed by atoms with Gasteiger partial charge in [-0.1, -0.05) is 5.16 Å². The summed E-state index contributed by atoms with van der Waals surface area (Å²) in [7, 11) is 0. The Morgan fingerprint density at radius 1 is 1.54 bits per heavy atom. The molecule has 4 nitrogen and oxygen atoms in total. The van der Waals surface area contributed by atoms with Crippen LogP contribution in [-0.4, -0.2) is 24.3 Å². The van der Waals surface area contributed by atoms with Crippen molar-refractivity contribution in [1.82, 2.24) is 5.16 Å². The minimum atomic E-state index is 0.372. The number of anilines is 1. The van der Waals surface area contributed by atoms with Gasteiger partial charge in [0, 0.05) is 19.1 Å². The van der Waals surface area contributed by atoms with Crippen molar-refractivity contribution in [2.24, 2.45) is 5.73 Å². The lowest BCUT2D eigenvalue weighted by atomic mass is 10.1. The molecule has 1 fully saturated rings. The molecule has 1 aromatic heterocycles. The smallest absolute Gasteiger partial charge is 0.156 e. The van der Waals surface area contributed by atoms with Crippen LogP contribution in [0.4, 0.5) is 5.69 Å². The number of aryl methyl sites for hydroxylation is 1. The summed E-state index contributed by atoms with van der Waals surface area (Å²) in [5.74, 6) is 0.899. The molecule has 0 radical (unpaired) electrons. The minimum absolute atomic E-state index is 0.372. The van der Waals surface area contributed by atoms with Crippen LogP contribution in [0.3, 0.4) is 0 Å². The van der Waals surface area contributed by atoms with E-state index in [2.05, 4.69) is 10.1 Å². The number of rotatable bonds is 1. The third-order valence-electron chi connectivity index (χ3n) is 2.61. The van der Waals surface area contributed by atoms with Crippen molar-refractivity contribution in [3.05, 3.63) is 12.0 Å². The predicted octanol–water partition coefficient (Wildman–Crippen LogP) is 0.911. The maximum atomic E-state index is 5.82. The highest BCUT2D eigenvalue weighted by molar-refractivity contribution is 5.47. The first kappa shape index (κ1) is 8.56. The largest absolute Gasteiger partial charge is 0.367 e. The molecular formula is C9H15N3O. The number of hydrogen-bond acceptors (Lipinski definition) is 4. The van der Waals surface area contributed by atoms with Gasteiger partial charge in [-0.05, 0) is 19.8 Å². The van der Waals surface area contributed by atoms with E-state index in [1.807, 2.05) is 6.92 Å². The van der Waals surface area contributed by atoms with Gasteiger partial charge in [0.2, 0.25) is 0 Å². The molecule has 0 atom stereocenters. The summed E-state index contributed by atoms with van der Waals surface area (Å²) in [4.78, 5) is 2.29. The maximum absolute atomic E-state index is 5.82. The Kier molecular flexibility index (Phi) is 2.22. The topological polar surface area (TPSA) is 55.3 Å². The summed E-state index contributed by atoms with van der Waals surface area (Å²) >= 11 is 0. The van der Waals surface area contributed by atoms with Gasteiger partial charge in [-0.2, -0.15) is 0 Å². The highest BCUT2D eigenvalue weighted by atomic mass is 16.5. The molecule has 4 heteroatoms. The predicted molar refractivity (Wildman–Crippen MR) is 50.7 cm³/mol. The second-order valence-corrected chi connectivity index (χ2v) is 3.59. The number of aromatic nitrogens is 1. The highest BCUT2D eigenvalue weighted by Crippen LogP contribution is 2.22. The van der Waals surface area contributed by atoms with Gasteiger partial charge < -0.3 is 15.2 Å². The van der Waals surface area contributed by atoms with Crippen LogP contribution in [-0.2, 0) is 0 Å². The van der Waals surface area contributed by atoms with E-state index >= 15 is 0 Å². The molecule has 0 spiro atoms. The van der Waals surface area contributed by atoms with Crippen LogP contribution in [0.15, 0.2) is 10.7 Å². The van der Waals surface area contributed by atoms with Gasteiger partial charge in [0.1, 0.15) is 5.69 Å². The Morgan fingerprint density at radius 2 is 2.23 bits per heavy atom. The molecule has 0 saturated carbocycles. The van der Waals surface area contributed by atoms with Crippen LogP contribution in [0, 0.1) is 6.92 Å². The average Bonchev–Trinajstić information content (AvgIpc) is 2.53. The van der Waals surface area contributed by atoms with Crippen molar-refractivity contribution in [3.8, 4) is 0 Å². The molecule has 72 valence electrons. The van der Waals surface area contributed by atoms with Crippen LogP contribution in [0.5, 0.6) is 0 Å². The number of piperidine rings is 1. The standard InChI is InChI=1S/C9H15N3O/c1-7-9(6-11-13-7)12-4-2-8(10)3-5-12/h6,8H,2-5,10H2,1H3. The van der Waals surface area contributed by atoms with Gasteiger partial charge in [0.05, 0.1) is 6.20 Å². The number of nitrogens with two attached hydrogens (primary N) is 1. The quantitative estimate of drug-likeness (QED) is 0.699. The van der Waals surface area contributed by atoms with Gasteiger partial charge in [0.15, 0.2) is 5.76 Å². The van der Waals surface area contributed by atoms with E-state index in [9.17, 15) is 0 Å². The Bertz CT molecular complexity index is 276. The van der Waals surface area contributed by atoms with Crippen LogP contribution in [0.2, 0.25) is 0 Å². The van der Waals surface area contributed by atoms with Crippen LogP contribution in [0.25, 0.3) is 0 Å². The van der Waals surface area contributed by atoms with Crippen LogP contribution >= 0.6 is 0 Å². The molecule has 13 heavy (non-hydrogen) atoms. The maximum Gasteiger partial charge on any atom is 0.156 e. The summed E-state index contributed by atoms with van der Waals surface area (Å²) in [6, 6.07) is 0.372. The summed E-state index contributed by atoms with van der Waals surface area (Å²) < 4.78 is 5.02. The average molecular weight is 181 g/mol. The fraction of sp³-hybridized carbons (Fsp3) is 0.667. The SMILES string of the molecule is Cc1oncc1N1CCC(N)CC1. The molecule has 2 rings (SSSR count). The molecule has 2 N–H and O–H groups in total. The van der Waals surface area contributed by atoms with Gasteiger partial charge in [-0.3, -0.25) is 0 Å². The van der Waals surface area contributed by atoms with E-state index in [0.29, 0.717) is 6.04 Å².